The molecule has 4 aliphatic carbocycles. The first-order chi connectivity index (χ1) is 15.5. The average molecular weight is 463 g/mol. The standard InChI is InChI=1S/C25H34O8/c1-13-11-24-12-15(13)7-8-16(24)25(22(29)32-6)10-9-17(33-14(2)26)23(3,21(28)31-5)19(25)18(24)20(27)30-4/h15-19H,1,7-12H2,2-6H3/t15-,16-,17+,18-,19-,23-,24+,25-/m1/s1. The summed E-state index contributed by atoms with van der Waals surface area (Å²) in [5.74, 6) is -3.47. The van der Waals surface area contributed by atoms with E-state index in [-0.39, 0.29) is 11.8 Å². The van der Waals surface area contributed by atoms with Crippen LogP contribution >= 0.6 is 0 Å². The lowest BCUT2D eigenvalue weighted by Crippen LogP contribution is -2.61. The molecular weight excluding hydrogens is 428 g/mol. The number of carbonyl (C=O) groups is 4. The molecule has 4 fully saturated rings. The largest absolute Gasteiger partial charge is 0.469 e. The fourth-order valence-electron chi connectivity index (χ4n) is 8.54. The Morgan fingerprint density at radius 3 is 2.21 bits per heavy atom. The zero-order valence-electron chi connectivity index (χ0n) is 20.1. The van der Waals surface area contributed by atoms with Crippen molar-refractivity contribution in [3.05, 3.63) is 12.2 Å². The van der Waals surface area contributed by atoms with Crippen molar-refractivity contribution in [2.45, 2.75) is 58.5 Å². The predicted molar refractivity (Wildman–Crippen MR) is 115 cm³/mol. The van der Waals surface area contributed by atoms with Crippen LogP contribution in [0.4, 0.5) is 0 Å². The smallest absolute Gasteiger partial charge is 0.315 e. The van der Waals surface area contributed by atoms with Crippen molar-refractivity contribution >= 4 is 23.9 Å². The first-order valence-corrected chi connectivity index (χ1v) is 11.6. The summed E-state index contributed by atoms with van der Waals surface area (Å²) in [5, 5.41) is 0. The van der Waals surface area contributed by atoms with Gasteiger partial charge in [0.1, 0.15) is 11.5 Å². The zero-order valence-corrected chi connectivity index (χ0v) is 20.1. The van der Waals surface area contributed by atoms with Crippen molar-refractivity contribution in [2.75, 3.05) is 21.3 Å². The van der Waals surface area contributed by atoms with E-state index in [1.54, 1.807) is 6.92 Å². The van der Waals surface area contributed by atoms with E-state index in [2.05, 4.69) is 6.58 Å². The van der Waals surface area contributed by atoms with Gasteiger partial charge in [-0.3, -0.25) is 19.2 Å². The number of hydrogen-bond donors (Lipinski definition) is 0. The van der Waals surface area contributed by atoms with Gasteiger partial charge in [-0.05, 0) is 62.7 Å². The molecule has 0 aliphatic heterocycles. The lowest BCUT2D eigenvalue weighted by molar-refractivity contribution is -0.202. The summed E-state index contributed by atoms with van der Waals surface area (Å²) >= 11 is 0. The summed E-state index contributed by atoms with van der Waals surface area (Å²) < 4.78 is 21.6. The van der Waals surface area contributed by atoms with Crippen molar-refractivity contribution < 1.29 is 38.1 Å². The highest BCUT2D eigenvalue weighted by molar-refractivity contribution is 5.88. The van der Waals surface area contributed by atoms with Gasteiger partial charge < -0.3 is 18.9 Å². The summed E-state index contributed by atoms with van der Waals surface area (Å²) in [6, 6.07) is 0. The van der Waals surface area contributed by atoms with Gasteiger partial charge in [0.05, 0.1) is 32.7 Å². The molecular formula is C25H34O8. The number of hydrogen-bond acceptors (Lipinski definition) is 8. The van der Waals surface area contributed by atoms with E-state index in [1.807, 2.05) is 0 Å². The highest BCUT2D eigenvalue weighted by Gasteiger charge is 2.81. The third-order valence-corrected chi connectivity index (χ3v) is 9.48. The lowest BCUT2D eigenvalue weighted by atomic mass is 9.51. The molecule has 33 heavy (non-hydrogen) atoms. The molecule has 1 spiro atoms. The summed E-state index contributed by atoms with van der Waals surface area (Å²) in [6.07, 6.45) is 2.75. The van der Waals surface area contributed by atoms with Crippen LogP contribution in [0.15, 0.2) is 12.2 Å². The topological polar surface area (TPSA) is 105 Å². The molecule has 4 rings (SSSR count). The SMILES string of the molecule is C=C1C[C@]23C[C@H]1CC[C@H]2[C@]1(C(=O)OC)CC[C@H](OC(C)=O)[C@@](C)(C(=O)OC)[C@H]1[C@@H]3C(=O)OC. The average Bonchev–Trinajstić information content (AvgIpc) is 3.21. The molecule has 2 bridgehead atoms. The monoisotopic (exact) mass is 462 g/mol. The van der Waals surface area contributed by atoms with E-state index in [0.717, 1.165) is 24.8 Å². The molecule has 0 amide bonds. The van der Waals surface area contributed by atoms with E-state index in [0.29, 0.717) is 19.3 Å². The Labute approximate surface area is 194 Å². The Morgan fingerprint density at radius 1 is 0.970 bits per heavy atom. The Morgan fingerprint density at radius 2 is 1.64 bits per heavy atom. The van der Waals surface area contributed by atoms with E-state index in [4.69, 9.17) is 18.9 Å². The van der Waals surface area contributed by atoms with Crippen molar-refractivity contribution in [1.29, 1.82) is 0 Å². The normalized spacial score (nSPS) is 43.2. The number of fused-ring (bicyclic) bond motifs is 3. The molecule has 8 heteroatoms. The first-order valence-electron chi connectivity index (χ1n) is 11.6. The predicted octanol–water partition coefficient (Wildman–Crippen LogP) is 2.83. The molecule has 0 saturated heterocycles. The minimum absolute atomic E-state index is 0.177. The Bertz CT molecular complexity index is 910. The number of carbonyl (C=O) groups excluding carboxylic acids is 4. The van der Waals surface area contributed by atoms with Crippen molar-refractivity contribution in [1.82, 2.24) is 0 Å². The van der Waals surface area contributed by atoms with Gasteiger partial charge in [0.25, 0.3) is 0 Å². The van der Waals surface area contributed by atoms with Crippen LogP contribution in [-0.2, 0) is 38.1 Å². The van der Waals surface area contributed by atoms with Gasteiger partial charge >= 0.3 is 23.9 Å². The number of rotatable bonds is 4. The molecule has 0 heterocycles. The van der Waals surface area contributed by atoms with Crippen LogP contribution in [0.25, 0.3) is 0 Å². The van der Waals surface area contributed by atoms with Crippen molar-refractivity contribution in [3.63, 3.8) is 0 Å². The maximum Gasteiger partial charge on any atom is 0.315 e. The summed E-state index contributed by atoms with van der Waals surface area (Å²) in [5.41, 5.74) is -2.01. The molecule has 0 aromatic rings. The fourth-order valence-corrected chi connectivity index (χ4v) is 8.54. The second kappa shape index (κ2) is 7.84. The van der Waals surface area contributed by atoms with E-state index < -0.39 is 58.1 Å². The maximum atomic E-state index is 13.7. The number of esters is 4. The Kier molecular flexibility index (Phi) is 5.65. The molecule has 0 radical (unpaired) electrons. The number of methoxy groups -OCH3 is 3. The lowest BCUT2D eigenvalue weighted by Gasteiger charge is -2.52. The molecule has 8 atom stereocenters. The van der Waals surface area contributed by atoms with E-state index >= 15 is 0 Å². The molecule has 4 aliphatic rings. The van der Waals surface area contributed by atoms with Crippen LogP contribution in [-0.4, -0.2) is 51.3 Å². The zero-order chi connectivity index (χ0) is 24.3. The molecule has 8 nitrogen and oxygen atoms in total. The number of ether oxygens (including phenoxy) is 4. The van der Waals surface area contributed by atoms with Gasteiger partial charge in [-0.25, -0.2) is 0 Å². The number of allylic oxidation sites excluding steroid dienone is 1. The maximum absolute atomic E-state index is 13.7. The van der Waals surface area contributed by atoms with Gasteiger partial charge in [0, 0.05) is 12.8 Å². The van der Waals surface area contributed by atoms with E-state index in [9.17, 15) is 19.2 Å². The summed E-state index contributed by atoms with van der Waals surface area (Å²) in [7, 11) is 3.95. The summed E-state index contributed by atoms with van der Waals surface area (Å²) in [4.78, 5) is 52.7. The minimum atomic E-state index is -1.43. The van der Waals surface area contributed by atoms with Gasteiger partial charge in [0.15, 0.2) is 0 Å². The van der Waals surface area contributed by atoms with Gasteiger partial charge in [0.2, 0.25) is 0 Å². The molecule has 0 aromatic heterocycles. The molecule has 4 saturated carbocycles. The molecule has 0 aromatic carbocycles. The second-order valence-corrected chi connectivity index (χ2v) is 10.5. The third kappa shape index (κ3) is 2.88. The van der Waals surface area contributed by atoms with Crippen LogP contribution < -0.4 is 0 Å². The summed E-state index contributed by atoms with van der Waals surface area (Å²) in [6.45, 7) is 7.24. The first kappa shape index (κ1) is 23.8. The second-order valence-electron chi connectivity index (χ2n) is 10.5. The van der Waals surface area contributed by atoms with Crippen LogP contribution in [0, 0.1) is 39.9 Å². The van der Waals surface area contributed by atoms with Gasteiger partial charge in [-0.1, -0.05) is 12.2 Å². The minimum Gasteiger partial charge on any atom is -0.469 e. The fraction of sp³-hybridized carbons (Fsp3) is 0.760. The molecule has 0 unspecified atom stereocenters. The van der Waals surface area contributed by atoms with E-state index in [1.165, 1.54) is 28.3 Å². The van der Waals surface area contributed by atoms with Gasteiger partial charge in [-0.15, -0.1) is 0 Å². The Hall–Kier alpha value is -2.38. The van der Waals surface area contributed by atoms with Crippen LogP contribution in [0.5, 0.6) is 0 Å². The van der Waals surface area contributed by atoms with Gasteiger partial charge in [-0.2, -0.15) is 0 Å². The highest BCUT2D eigenvalue weighted by atomic mass is 16.6. The van der Waals surface area contributed by atoms with Crippen LogP contribution in [0.3, 0.4) is 0 Å². The van der Waals surface area contributed by atoms with Crippen molar-refractivity contribution in [2.24, 2.45) is 39.9 Å². The van der Waals surface area contributed by atoms with Crippen LogP contribution in [0.1, 0.15) is 52.4 Å². The quantitative estimate of drug-likeness (QED) is 0.357. The Balaban J connectivity index is 2.02. The molecule has 0 N–H and O–H groups in total. The molecule has 182 valence electrons. The third-order valence-electron chi connectivity index (χ3n) is 9.48. The highest BCUT2D eigenvalue weighted by Crippen LogP contribution is 2.78. The van der Waals surface area contributed by atoms with Crippen LogP contribution in [0.2, 0.25) is 0 Å². The van der Waals surface area contributed by atoms with Crippen molar-refractivity contribution in [3.8, 4) is 0 Å².